The van der Waals surface area contributed by atoms with Crippen molar-refractivity contribution in [2.45, 2.75) is 45.7 Å². The number of anilines is 1. The molecule has 1 amide bonds. The SMILES string of the molecule is Cc1cc(C2C3CC(CC3F)C2C(=O)Nc2ccc(C)c(C)c2)ccn1. The summed E-state index contributed by atoms with van der Waals surface area (Å²) in [4.78, 5) is 17.4. The lowest BCUT2D eigenvalue weighted by atomic mass is 9.74. The van der Waals surface area contributed by atoms with Crippen LogP contribution in [0.5, 0.6) is 0 Å². The number of benzene rings is 1. The Morgan fingerprint density at radius 2 is 1.92 bits per heavy atom. The van der Waals surface area contributed by atoms with Gasteiger partial charge in [-0.3, -0.25) is 9.78 Å². The molecule has 4 heteroatoms. The van der Waals surface area contributed by atoms with Gasteiger partial charge in [0.15, 0.2) is 0 Å². The Balaban J connectivity index is 1.62. The molecule has 2 fully saturated rings. The van der Waals surface area contributed by atoms with Crippen molar-refractivity contribution in [2.75, 3.05) is 5.32 Å². The van der Waals surface area contributed by atoms with Crippen molar-refractivity contribution in [2.24, 2.45) is 17.8 Å². The molecule has 0 saturated heterocycles. The quantitative estimate of drug-likeness (QED) is 0.868. The van der Waals surface area contributed by atoms with E-state index in [-0.39, 0.29) is 29.6 Å². The van der Waals surface area contributed by atoms with Crippen LogP contribution in [0, 0.1) is 38.5 Å². The number of hydrogen-bond acceptors (Lipinski definition) is 2. The number of halogens is 1. The number of aryl methyl sites for hydroxylation is 3. The van der Waals surface area contributed by atoms with Crippen molar-refractivity contribution in [1.82, 2.24) is 4.98 Å². The van der Waals surface area contributed by atoms with Crippen LogP contribution in [0.2, 0.25) is 0 Å². The molecular formula is C22H25FN2O. The van der Waals surface area contributed by atoms with E-state index in [4.69, 9.17) is 0 Å². The van der Waals surface area contributed by atoms with Crippen LogP contribution in [0.3, 0.4) is 0 Å². The fourth-order valence-electron chi connectivity index (χ4n) is 4.93. The molecule has 2 aliphatic rings. The lowest BCUT2D eigenvalue weighted by molar-refractivity contribution is -0.122. The predicted octanol–water partition coefficient (Wildman–Crippen LogP) is 4.72. The zero-order valence-corrected chi connectivity index (χ0v) is 15.5. The van der Waals surface area contributed by atoms with Gasteiger partial charge in [-0.05, 0) is 86.4 Å². The zero-order chi connectivity index (χ0) is 18.4. The van der Waals surface area contributed by atoms with Crippen molar-refractivity contribution < 1.29 is 9.18 Å². The molecule has 4 rings (SSSR count). The average molecular weight is 352 g/mol. The van der Waals surface area contributed by atoms with E-state index in [1.807, 2.05) is 44.2 Å². The van der Waals surface area contributed by atoms with Crippen LogP contribution in [0.15, 0.2) is 36.5 Å². The van der Waals surface area contributed by atoms with Gasteiger partial charge in [0, 0.05) is 29.4 Å². The zero-order valence-electron chi connectivity index (χ0n) is 15.5. The van der Waals surface area contributed by atoms with E-state index >= 15 is 0 Å². The Labute approximate surface area is 154 Å². The molecule has 2 saturated carbocycles. The van der Waals surface area contributed by atoms with Crippen LogP contribution in [-0.2, 0) is 4.79 Å². The summed E-state index contributed by atoms with van der Waals surface area (Å²) in [6, 6.07) is 9.92. The molecule has 2 aromatic rings. The van der Waals surface area contributed by atoms with Gasteiger partial charge in [-0.25, -0.2) is 4.39 Å². The van der Waals surface area contributed by atoms with E-state index in [9.17, 15) is 9.18 Å². The van der Waals surface area contributed by atoms with Crippen LogP contribution >= 0.6 is 0 Å². The summed E-state index contributed by atoms with van der Waals surface area (Å²) in [5.41, 5.74) is 5.14. The minimum absolute atomic E-state index is 0.0205. The molecule has 2 bridgehead atoms. The van der Waals surface area contributed by atoms with Gasteiger partial charge in [0.25, 0.3) is 0 Å². The Kier molecular flexibility index (Phi) is 4.29. The van der Waals surface area contributed by atoms with Crippen molar-refractivity contribution >= 4 is 11.6 Å². The van der Waals surface area contributed by atoms with E-state index in [1.54, 1.807) is 6.20 Å². The number of carbonyl (C=O) groups excluding carboxylic acids is 1. The van der Waals surface area contributed by atoms with E-state index in [0.29, 0.717) is 6.42 Å². The molecule has 0 radical (unpaired) electrons. The molecule has 1 aromatic heterocycles. The molecule has 5 unspecified atom stereocenters. The molecule has 0 aliphatic heterocycles. The van der Waals surface area contributed by atoms with Crippen molar-refractivity contribution in [3.63, 3.8) is 0 Å². The molecule has 2 aliphatic carbocycles. The Morgan fingerprint density at radius 1 is 1.12 bits per heavy atom. The highest BCUT2D eigenvalue weighted by Gasteiger charge is 2.56. The van der Waals surface area contributed by atoms with Crippen LogP contribution in [-0.4, -0.2) is 17.1 Å². The normalized spacial score (nSPS) is 29.8. The molecule has 0 spiro atoms. The fourth-order valence-corrected chi connectivity index (χ4v) is 4.93. The van der Waals surface area contributed by atoms with E-state index < -0.39 is 6.17 Å². The molecule has 5 atom stereocenters. The first-order valence-corrected chi connectivity index (χ1v) is 9.39. The van der Waals surface area contributed by atoms with Gasteiger partial charge in [0.1, 0.15) is 6.17 Å². The van der Waals surface area contributed by atoms with Crippen molar-refractivity contribution in [3.05, 3.63) is 58.9 Å². The number of hydrogen-bond donors (Lipinski definition) is 1. The molecule has 136 valence electrons. The summed E-state index contributed by atoms with van der Waals surface area (Å²) in [6.07, 6.45) is 2.28. The highest BCUT2D eigenvalue weighted by atomic mass is 19.1. The Morgan fingerprint density at radius 3 is 2.65 bits per heavy atom. The molecule has 1 aromatic carbocycles. The standard InChI is InChI=1S/C22H25FN2O/c1-12-4-5-17(8-13(12)2)25-22(26)21-16-10-18(19(23)11-16)20(21)15-6-7-24-14(3)9-15/h4-9,16,18-21H,10-11H2,1-3H3,(H,25,26). The third-order valence-corrected chi connectivity index (χ3v) is 6.31. The maximum absolute atomic E-state index is 14.5. The first-order chi connectivity index (χ1) is 12.4. The largest absolute Gasteiger partial charge is 0.326 e. The second-order valence-corrected chi connectivity index (χ2v) is 7.98. The summed E-state index contributed by atoms with van der Waals surface area (Å²) < 4.78 is 14.5. The summed E-state index contributed by atoms with van der Waals surface area (Å²) in [6.45, 7) is 6.03. The smallest absolute Gasteiger partial charge is 0.228 e. The summed E-state index contributed by atoms with van der Waals surface area (Å²) in [7, 11) is 0. The van der Waals surface area contributed by atoms with E-state index in [2.05, 4.69) is 17.2 Å². The summed E-state index contributed by atoms with van der Waals surface area (Å²) in [5, 5.41) is 3.09. The molecule has 1 heterocycles. The first-order valence-electron chi connectivity index (χ1n) is 9.39. The second kappa shape index (κ2) is 6.49. The third-order valence-electron chi connectivity index (χ3n) is 6.31. The van der Waals surface area contributed by atoms with E-state index in [0.717, 1.165) is 28.9 Å². The van der Waals surface area contributed by atoms with Crippen LogP contribution < -0.4 is 5.32 Å². The lowest BCUT2D eigenvalue weighted by Crippen LogP contribution is -2.36. The van der Waals surface area contributed by atoms with Gasteiger partial charge in [0.05, 0.1) is 0 Å². The molecule has 1 N–H and O–H groups in total. The van der Waals surface area contributed by atoms with Gasteiger partial charge in [0.2, 0.25) is 5.91 Å². The minimum Gasteiger partial charge on any atom is -0.326 e. The third kappa shape index (κ3) is 2.91. The minimum atomic E-state index is -0.802. The van der Waals surface area contributed by atoms with Gasteiger partial charge in [-0.1, -0.05) is 6.07 Å². The number of pyridine rings is 1. The van der Waals surface area contributed by atoms with E-state index in [1.165, 1.54) is 5.56 Å². The van der Waals surface area contributed by atoms with Crippen LogP contribution in [0.1, 0.15) is 41.1 Å². The van der Waals surface area contributed by atoms with Gasteiger partial charge in [-0.2, -0.15) is 0 Å². The molecular weight excluding hydrogens is 327 g/mol. The number of alkyl halides is 1. The Bertz CT molecular complexity index is 850. The molecule has 3 nitrogen and oxygen atoms in total. The van der Waals surface area contributed by atoms with Gasteiger partial charge in [-0.15, -0.1) is 0 Å². The first kappa shape index (κ1) is 17.2. The number of nitrogens with one attached hydrogen (secondary N) is 1. The van der Waals surface area contributed by atoms with Crippen molar-refractivity contribution in [3.8, 4) is 0 Å². The molecule has 26 heavy (non-hydrogen) atoms. The van der Waals surface area contributed by atoms with Crippen LogP contribution in [0.25, 0.3) is 0 Å². The summed E-state index contributed by atoms with van der Waals surface area (Å²) >= 11 is 0. The van der Waals surface area contributed by atoms with Crippen LogP contribution in [0.4, 0.5) is 10.1 Å². The number of fused-ring (bicyclic) bond motifs is 2. The number of rotatable bonds is 3. The monoisotopic (exact) mass is 352 g/mol. The topological polar surface area (TPSA) is 42.0 Å². The second-order valence-electron chi connectivity index (χ2n) is 7.98. The number of aromatic nitrogens is 1. The maximum Gasteiger partial charge on any atom is 0.228 e. The van der Waals surface area contributed by atoms with Gasteiger partial charge >= 0.3 is 0 Å². The van der Waals surface area contributed by atoms with Crippen molar-refractivity contribution in [1.29, 1.82) is 0 Å². The summed E-state index contributed by atoms with van der Waals surface area (Å²) in [5.74, 6) is -0.142. The maximum atomic E-state index is 14.5. The lowest BCUT2D eigenvalue weighted by Gasteiger charge is -2.32. The highest BCUT2D eigenvalue weighted by molar-refractivity contribution is 5.94. The number of carbonyl (C=O) groups is 1. The fraction of sp³-hybridized carbons (Fsp3) is 0.455. The highest BCUT2D eigenvalue weighted by Crippen LogP contribution is 2.57. The average Bonchev–Trinajstić information content (AvgIpc) is 3.15. The predicted molar refractivity (Wildman–Crippen MR) is 101 cm³/mol. The number of nitrogens with zero attached hydrogens (tertiary/aromatic N) is 1. The van der Waals surface area contributed by atoms with Gasteiger partial charge < -0.3 is 5.32 Å². The number of amides is 1. The Hall–Kier alpha value is -2.23.